The minimum Gasteiger partial charge on any atom is -0.347 e. The van der Waals surface area contributed by atoms with Crippen molar-refractivity contribution in [3.8, 4) is 0 Å². The van der Waals surface area contributed by atoms with Crippen LogP contribution in [0.5, 0.6) is 0 Å². The third-order valence-corrected chi connectivity index (χ3v) is 4.65. The molecule has 3 rings (SSSR count). The summed E-state index contributed by atoms with van der Waals surface area (Å²) in [5.41, 5.74) is 3.08. The number of anilines is 1. The highest BCUT2D eigenvalue weighted by atomic mass is 79.9. The zero-order valence-corrected chi connectivity index (χ0v) is 14.9. The van der Waals surface area contributed by atoms with E-state index in [0.29, 0.717) is 6.54 Å². The second kappa shape index (κ2) is 7.62. The number of carbonyl (C=O) groups excluding carboxylic acids is 2. The average Bonchev–Trinajstić information content (AvgIpc) is 2.61. The molecule has 1 N–H and O–H groups in total. The SMILES string of the molecule is O=C(Cc1ccc(Br)cc1)NCC(=O)N1CCCc2ccccc21. The molecular formula is C19H19BrN2O2. The number of para-hydroxylation sites is 1. The van der Waals surface area contributed by atoms with Gasteiger partial charge in [-0.2, -0.15) is 0 Å². The maximum absolute atomic E-state index is 12.5. The van der Waals surface area contributed by atoms with Crippen LogP contribution in [-0.2, 0) is 22.4 Å². The smallest absolute Gasteiger partial charge is 0.246 e. The second-order valence-electron chi connectivity index (χ2n) is 5.86. The van der Waals surface area contributed by atoms with Gasteiger partial charge in [-0.25, -0.2) is 0 Å². The van der Waals surface area contributed by atoms with Crippen LogP contribution in [0.1, 0.15) is 17.5 Å². The van der Waals surface area contributed by atoms with E-state index in [-0.39, 0.29) is 24.8 Å². The Labute approximate surface area is 150 Å². The Bertz CT molecular complexity index is 743. The zero-order chi connectivity index (χ0) is 16.9. The highest BCUT2D eigenvalue weighted by Gasteiger charge is 2.22. The van der Waals surface area contributed by atoms with E-state index >= 15 is 0 Å². The van der Waals surface area contributed by atoms with Crippen LogP contribution in [0.4, 0.5) is 5.69 Å². The molecule has 2 aromatic rings. The van der Waals surface area contributed by atoms with Gasteiger partial charge in [0.1, 0.15) is 0 Å². The first-order chi connectivity index (χ1) is 11.6. The molecule has 2 amide bonds. The van der Waals surface area contributed by atoms with E-state index in [4.69, 9.17) is 0 Å². The monoisotopic (exact) mass is 386 g/mol. The predicted octanol–water partition coefficient (Wildman–Crippen LogP) is 3.09. The molecule has 0 atom stereocenters. The fourth-order valence-electron chi connectivity index (χ4n) is 2.91. The summed E-state index contributed by atoms with van der Waals surface area (Å²) in [5.74, 6) is -0.206. The predicted molar refractivity (Wildman–Crippen MR) is 98.0 cm³/mol. The van der Waals surface area contributed by atoms with Crippen molar-refractivity contribution < 1.29 is 9.59 Å². The van der Waals surface area contributed by atoms with Crippen LogP contribution in [0.2, 0.25) is 0 Å². The second-order valence-corrected chi connectivity index (χ2v) is 6.77. The first-order valence-electron chi connectivity index (χ1n) is 8.03. The molecule has 0 aromatic heterocycles. The van der Waals surface area contributed by atoms with Gasteiger partial charge in [0.2, 0.25) is 11.8 Å². The van der Waals surface area contributed by atoms with E-state index in [1.54, 1.807) is 4.90 Å². The fourth-order valence-corrected chi connectivity index (χ4v) is 3.18. The Hall–Kier alpha value is -2.14. The van der Waals surface area contributed by atoms with E-state index in [1.165, 1.54) is 5.56 Å². The summed E-state index contributed by atoms with van der Waals surface area (Å²) in [6.45, 7) is 0.738. The van der Waals surface area contributed by atoms with Crippen LogP contribution < -0.4 is 10.2 Å². The van der Waals surface area contributed by atoms with Crippen LogP contribution in [0, 0.1) is 0 Å². The van der Waals surface area contributed by atoms with E-state index in [1.807, 2.05) is 42.5 Å². The summed E-state index contributed by atoms with van der Waals surface area (Å²) in [5, 5.41) is 2.73. The highest BCUT2D eigenvalue weighted by Crippen LogP contribution is 2.26. The quantitative estimate of drug-likeness (QED) is 0.877. The lowest BCUT2D eigenvalue weighted by molar-refractivity contribution is -0.124. The number of amides is 2. The van der Waals surface area contributed by atoms with Crippen molar-refractivity contribution in [2.75, 3.05) is 18.0 Å². The lowest BCUT2D eigenvalue weighted by Gasteiger charge is -2.29. The number of fused-ring (bicyclic) bond motifs is 1. The molecule has 0 unspecified atom stereocenters. The molecule has 1 aliphatic heterocycles. The molecule has 0 bridgehead atoms. The Balaban J connectivity index is 1.56. The summed E-state index contributed by atoms with van der Waals surface area (Å²) in [4.78, 5) is 26.3. The number of carbonyl (C=O) groups is 2. The van der Waals surface area contributed by atoms with E-state index in [9.17, 15) is 9.59 Å². The fraction of sp³-hybridized carbons (Fsp3) is 0.263. The summed E-state index contributed by atoms with van der Waals surface area (Å²) >= 11 is 3.37. The molecule has 4 nitrogen and oxygen atoms in total. The van der Waals surface area contributed by atoms with E-state index < -0.39 is 0 Å². The number of hydrogen-bond acceptors (Lipinski definition) is 2. The van der Waals surface area contributed by atoms with Gasteiger partial charge in [0.25, 0.3) is 0 Å². The topological polar surface area (TPSA) is 49.4 Å². The highest BCUT2D eigenvalue weighted by molar-refractivity contribution is 9.10. The van der Waals surface area contributed by atoms with Crippen LogP contribution in [0.15, 0.2) is 53.0 Å². The van der Waals surface area contributed by atoms with E-state index in [2.05, 4.69) is 27.3 Å². The molecule has 1 heterocycles. The average molecular weight is 387 g/mol. The molecule has 5 heteroatoms. The van der Waals surface area contributed by atoms with Crippen molar-refractivity contribution in [3.05, 3.63) is 64.1 Å². The van der Waals surface area contributed by atoms with E-state index in [0.717, 1.165) is 28.6 Å². The van der Waals surface area contributed by atoms with Crippen LogP contribution >= 0.6 is 15.9 Å². The number of rotatable bonds is 4. The lowest BCUT2D eigenvalue weighted by Crippen LogP contribution is -2.43. The molecule has 1 aliphatic rings. The lowest BCUT2D eigenvalue weighted by atomic mass is 10.0. The van der Waals surface area contributed by atoms with Gasteiger partial charge in [0.05, 0.1) is 13.0 Å². The summed E-state index contributed by atoms with van der Waals surface area (Å²) < 4.78 is 0.977. The Morgan fingerprint density at radius 2 is 1.83 bits per heavy atom. The molecule has 0 spiro atoms. The van der Waals surface area contributed by atoms with Gasteiger partial charge in [-0.1, -0.05) is 46.3 Å². The van der Waals surface area contributed by atoms with Gasteiger partial charge in [-0.3, -0.25) is 9.59 Å². The van der Waals surface area contributed by atoms with Crippen molar-refractivity contribution in [1.29, 1.82) is 0 Å². The molecule has 0 saturated heterocycles. The third kappa shape index (κ3) is 4.03. The van der Waals surface area contributed by atoms with Gasteiger partial charge < -0.3 is 10.2 Å². The first kappa shape index (κ1) is 16.7. The molecule has 124 valence electrons. The summed E-state index contributed by atoms with van der Waals surface area (Å²) in [7, 11) is 0. The minimum absolute atomic E-state index is 0.0314. The molecule has 24 heavy (non-hydrogen) atoms. The first-order valence-corrected chi connectivity index (χ1v) is 8.82. The van der Waals surface area contributed by atoms with Gasteiger partial charge in [-0.15, -0.1) is 0 Å². The molecule has 0 aliphatic carbocycles. The summed E-state index contributed by atoms with van der Waals surface area (Å²) in [6.07, 6.45) is 2.22. The van der Waals surface area contributed by atoms with Gasteiger partial charge in [0.15, 0.2) is 0 Å². The number of nitrogens with one attached hydrogen (secondary N) is 1. The van der Waals surface area contributed by atoms with Crippen molar-refractivity contribution in [2.45, 2.75) is 19.3 Å². The van der Waals surface area contributed by atoms with Crippen molar-refractivity contribution >= 4 is 33.4 Å². The van der Waals surface area contributed by atoms with Gasteiger partial charge >= 0.3 is 0 Å². The van der Waals surface area contributed by atoms with Crippen molar-refractivity contribution in [1.82, 2.24) is 5.32 Å². The molecule has 0 saturated carbocycles. The third-order valence-electron chi connectivity index (χ3n) is 4.13. The van der Waals surface area contributed by atoms with Crippen LogP contribution in [-0.4, -0.2) is 24.9 Å². The molecule has 0 radical (unpaired) electrons. The normalized spacial score (nSPS) is 13.3. The molecular weight excluding hydrogens is 368 g/mol. The van der Waals surface area contributed by atoms with Gasteiger partial charge in [-0.05, 0) is 42.2 Å². The largest absolute Gasteiger partial charge is 0.347 e. The van der Waals surface area contributed by atoms with Crippen molar-refractivity contribution in [2.24, 2.45) is 0 Å². The van der Waals surface area contributed by atoms with Crippen LogP contribution in [0.25, 0.3) is 0 Å². The number of nitrogens with zero attached hydrogens (tertiary/aromatic N) is 1. The molecule has 2 aromatic carbocycles. The maximum atomic E-state index is 12.5. The number of hydrogen-bond donors (Lipinski definition) is 1. The van der Waals surface area contributed by atoms with Gasteiger partial charge in [0, 0.05) is 16.7 Å². The number of benzene rings is 2. The number of halogens is 1. The summed E-state index contributed by atoms with van der Waals surface area (Å²) in [6, 6.07) is 15.6. The Morgan fingerprint density at radius 1 is 1.08 bits per heavy atom. The standard InChI is InChI=1S/C19H19BrN2O2/c20-16-9-7-14(8-10-16)12-18(23)21-13-19(24)22-11-3-5-15-4-1-2-6-17(15)22/h1-2,4,6-10H,3,5,11-13H2,(H,21,23). The minimum atomic E-state index is -0.143. The Kier molecular flexibility index (Phi) is 5.30. The number of aryl methyl sites for hydroxylation is 1. The van der Waals surface area contributed by atoms with Crippen LogP contribution in [0.3, 0.4) is 0 Å². The zero-order valence-electron chi connectivity index (χ0n) is 13.3. The molecule has 0 fully saturated rings. The van der Waals surface area contributed by atoms with Crippen molar-refractivity contribution in [3.63, 3.8) is 0 Å². The Morgan fingerprint density at radius 3 is 2.62 bits per heavy atom. The maximum Gasteiger partial charge on any atom is 0.246 e.